The summed E-state index contributed by atoms with van der Waals surface area (Å²) >= 11 is 0. The van der Waals surface area contributed by atoms with Crippen LogP contribution in [0.2, 0.25) is 0 Å². The van der Waals surface area contributed by atoms with E-state index in [4.69, 9.17) is 14.2 Å². The number of rotatable bonds is 9. The zero-order valence-corrected chi connectivity index (χ0v) is 18.0. The topological polar surface area (TPSA) is 47.9 Å². The summed E-state index contributed by atoms with van der Waals surface area (Å²) in [5, 5.41) is 10.1. The molecule has 4 aromatic carbocycles. The Balaban J connectivity index is 1.58. The van der Waals surface area contributed by atoms with E-state index in [0.717, 1.165) is 11.1 Å². The van der Waals surface area contributed by atoms with Gasteiger partial charge in [-0.2, -0.15) is 0 Å². The molecule has 0 aliphatic carbocycles. The van der Waals surface area contributed by atoms with Crippen molar-refractivity contribution in [1.29, 1.82) is 0 Å². The molecule has 0 spiro atoms. The molecule has 0 bridgehead atoms. The molecule has 4 heteroatoms. The van der Waals surface area contributed by atoms with E-state index in [0.29, 0.717) is 41.8 Å². The fraction of sp³-hybridized carbons (Fsp3) is 0.143. The van der Waals surface area contributed by atoms with E-state index < -0.39 is 6.10 Å². The van der Waals surface area contributed by atoms with Crippen molar-refractivity contribution in [3.05, 3.63) is 120 Å². The van der Waals surface area contributed by atoms with E-state index in [1.54, 1.807) is 6.92 Å². The summed E-state index contributed by atoms with van der Waals surface area (Å²) in [4.78, 5) is 0. The zero-order chi connectivity index (χ0) is 22.2. The van der Waals surface area contributed by atoms with Gasteiger partial charge >= 0.3 is 0 Å². The van der Waals surface area contributed by atoms with Crippen molar-refractivity contribution in [2.45, 2.75) is 26.2 Å². The molecule has 0 aliphatic rings. The molecule has 4 nitrogen and oxygen atoms in total. The third-order valence-electron chi connectivity index (χ3n) is 4.99. The summed E-state index contributed by atoms with van der Waals surface area (Å²) in [6, 6.07) is 32.9. The van der Waals surface area contributed by atoms with Crippen molar-refractivity contribution in [3.8, 4) is 23.0 Å². The highest BCUT2D eigenvalue weighted by molar-refractivity contribution is 5.49. The van der Waals surface area contributed by atoms with Crippen molar-refractivity contribution in [2.24, 2.45) is 0 Å². The lowest BCUT2D eigenvalue weighted by Gasteiger charge is -2.17. The average Bonchev–Trinajstić information content (AvgIpc) is 2.83. The summed E-state index contributed by atoms with van der Waals surface area (Å²) < 4.78 is 18.3. The van der Waals surface area contributed by atoms with Crippen LogP contribution in [0.4, 0.5) is 0 Å². The van der Waals surface area contributed by atoms with Crippen molar-refractivity contribution >= 4 is 0 Å². The molecule has 0 amide bonds. The van der Waals surface area contributed by atoms with Crippen molar-refractivity contribution in [3.63, 3.8) is 0 Å². The fourth-order valence-corrected chi connectivity index (χ4v) is 3.29. The van der Waals surface area contributed by atoms with E-state index in [2.05, 4.69) is 0 Å². The van der Waals surface area contributed by atoms with Gasteiger partial charge in [-0.05, 0) is 36.2 Å². The maximum Gasteiger partial charge on any atom is 0.173 e. The molecular formula is C28H26O4. The molecule has 32 heavy (non-hydrogen) atoms. The van der Waals surface area contributed by atoms with E-state index >= 15 is 0 Å². The minimum absolute atomic E-state index is 0.416. The SMILES string of the molecule is CC(O)c1ccccc1Oc1cc(OCc2ccccc2)ccc1OCc1ccccc1. The molecule has 4 rings (SSSR count). The third-order valence-corrected chi connectivity index (χ3v) is 4.99. The van der Waals surface area contributed by atoms with Gasteiger partial charge in [0.2, 0.25) is 0 Å². The van der Waals surface area contributed by atoms with E-state index in [1.165, 1.54) is 0 Å². The summed E-state index contributed by atoms with van der Waals surface area (Å²) in [6.45, 7) is 2.59. The second-order valence-electron chi connectivity index (χ2n) is 7.47. The van der Waals surface area contributed by atoms with Crippen LogP contribution in [0.5, 0.6) is 23.0 Å². The second-order valence-corrected chi connectivity index (χ2v) is 7.47. The van der Waals surface area contributed by atoms with Gasteiger partial charge in [0.15, 0.2) is 11.5 Å². The van der Waals surface area contributed by atoms with Crippen LogP contribution in [0.15, 0.2) is 103 Å². The third kappa shape index (κ3) is 5.68. The van der Waals surface area contributed by atoms with Crippen LogP contribution in [-0.2, 0) is 13.2 Å². The average molecular weight is 427 g/mol. The van der Waals surface area contributed by atoms with Crippen molar-refractivity contribution in [1.82, 2.24) is 0 Å². The van der Waals surface area contributed by atoms with Gasteiger partial charge in [-0.3, -0.25) is 0 Å². The first-order chi connectivity index (χ1) is 15.7. The Morgan fingerprint density at radius 3 is 1.88 bits per heavy atom. The van der Waals surface area contributed by atoms with Gasteiger partial charge in [0, 0.05) is 11.6 Å². The number of aliphatic hydroxyl groups excluding tert-OH is 1. The molecule has 1 unspecified atom stereocenters. The standard InChI is InChI=1S/C28H26O4/c1-21(29)25-14-8-9-15-26(25)32-28-18-24(30-19-22-10-4-2-5-11-22)16-17-27(28)31-20-23-12-6-3-7-13-23/h2-18,21,29H,19-20H2,1H3. The monoisotopic (exact) mass is 426 g/mol. The van der Waals surface area contributed by atoms with Crippen LogP contribution >= 0.6 is 0 Å². The summed E-state index contributed by atoms with van der Waals surface area (Å²) in [5.74, 6) is 2.37. The molecule has 4 aromatic rings. The summed E-state index contributed by atoms with van der Waals surface area (Å²) in [5.41, 5.74) is 2.85. The second kappa shape index (κ2) is 10.5. The highest BCUT2D eigenvalue weighted by Gasteiger charge is 2.14. The van der Waals surface area contributed by atoms with Crippen LogP contribution in [0.3, 0.4) is 0 Å². The summed E-state index contributed by atoms with van der Waals surface area (Å²) in [6.07, 6.45) is -0.655. The van der Waals surface area contributed by atoms with Gasteiger partial charge in [-0.25, -0.2) is 0 Å². The maximum atomic E-state index is 10.1. The molecule has 162 valence electrons. The van der Waals surface area contributed by atoms with Crippen LogP contribution in [0.25, 0.3) is 0 Å². The van der Waals surface area contributed by atoms with Gasteiger partial charge in [0.1, 0.15) is 24.7 Å². The lowest BCUT2D eigenvalue weighted by Crippen LogP contribution is -2.01. The lowest BCUT2D eigenvalue weighted by molar-refractivity contribution is 0.195. The first-order valence-corrected chi connectivity index (χ1v) is 10.6. The first kappa shape index (κ1) is 21.5. The molecule has 0 radical (unpaired) electrons. The predicted molar refractivity (Wildman–Crippen MR) is 125 cm³/mol. The minimum atomic E-state index is -0.655. The Bertz CT molecular complexity index is 1120. The quantitative estimate of drug-likeness (QED) is 0.324. The molecule has 1 N–H and O–H groups in total. The van der Waals surface area contributed by atoms with E-state index in [-0.39, 0.29) is 0 Å². The number of aliphatic hydroxyl groups is 1. The van der Waals surface area contributed by atoms with Crippen LogP contribution < -0.4 is 14.2 Å². The Morgan fingerprint density at radius 1 is 0.625 bits per heavy atom. The molecule has 0 aromatic heterocycles. The van der Waals surface area contributed by atoms with Crippen molar-refractivity contribution in [2.75, 3.05) is 0 Å². The molecule has 0 saturated carbocycles. The molecule has 1 atom stereocenters. The fourth-order valence-electron chi connectivity index (χ4n) is 3.29. The number of hydrogen-bond acceptors (Lipinski definition) is 4. The Kier molecular flexibility index (Phi) is 7.05. The Morgan fingerprint density at radius 2 is 1.22 bits per heavy atom. The smallest absolute Gasteiger partial charge is 0.173 e. The van der Waals surface area contributed by atoms with E-state index in [1.807, 2.05) is 103 Å². The largest absolute Gasteiger partial charge is 0.489 e. The van der Waals surface area contributed by atoms with Crippen LogP contribution in [-0.4, -0.2) is 5.11 Å². The maximum absolute atomic E-state index is 10.1. The highest BCUT2D eigenvalue weighted by Crippen LogP contribution is 2.38. The number of para-hydroxylation sites is 1. The molecule has 0 saturated heterocycles. The molecular weight excluding hydrogens is 400 g/mol. The van der Waals surface area contributed by atoms with Crippen LogP contribution in [0.1, 0.15) is 29.7 Å². The number of hydrogen-bond donors (Lipinski definition) is 1. The zero-order valence-electron chi connectivity index (χ0n) is 18.0. The summed E-state index contributed by atoms with van der Waals surface area (Å²) in [7, 11) is 0. The molecule has 0 aliphatic heterocycles. The predicted octanol–water partition coefficient (Wildman–Crippen LogP) is 6.69. The van der Waals surface area contributed by atoms with E-state index in [9.17, 15) is 5.11 Å². The van der Waals surface area contributed by atoms with Gasteiger partial charge in [-0.15, -0.1) is 0 Å². The van der Waals surface area contributed by atoms with Crippen LogP contribution in [0, 0.1) is 0 Å². The van der Waals surface area contributed by atoms with Gasteiger partial charge in [-0.1, -0.05) is 78.9 Å². The Hall–Kier alpha value is -3.76. The van der Waals surface area contributed by atoms with Gasteiger partial charge in [0.05, 0.1) is 6.10 Å². The lowest BCUT2D eigenvalue weighted by atomic mass is 10.1. The molecule has 0 fully saturated rings. The van der Waals surface area contributed by atoms with Crippen molar-refractivity contribution < 1.29 is 19.3 Å². The number of ether oxygens (including phenoxy) is 3. The number of benzene rings is 4. The minimum Gasteiger partial charge on any atom is -0.489 e. The van der Waals surface area contributed by atoms with Gasteiger partial charge in [0.25, 0.3) is 0 Å². The Labute approximate surface area is 188 Å². The highest BCUT2D eigenvalue weighted by atomic mass is 16.5. The van der Waals surface area contributed by atoms with Gasteiger partial charge < -0.3 is 19.3 Å². The molecule has 0 heterocycles. The normalized spacial score (nSPS) is 11.6. The first-order valence-electron chi connectivity index (χ1n) is 10.6.